The molecule has 36 heavy (non-hydrogen) atoms. The maximum absolute atomic E-state index is 12.5. The molecule has 0 spiro atoms. The second kappa shape index (κ2) is 11.0. The van der Waals surface area contributed by atoms with Gasteiger partial charge in [0, 0.05) is 34.1 Å². The number of rotatable bonds is 8. The highest BCUT2D eigenvalue weighted by Gasteiger charge is 2.24. The number of ether oxygens (including phenoxy) is 2. The Labute approximate surface area is 211 Å². The minimum Gasteiger partial charge on any atom is -0.495 e. The molecule has 1 aromatic heterocycles. The molecule has 0 bridgehead atoms. The average Bonchev–Trinajstić information content (AvgIpc) is 3.29. The molecule has 0 saturated heterocycles. The van der Waals surface area contributed by atoms with Crippen molar-refractivity contribution < 1.29 is 19.4 Å². The monoisotopic (exact) mass is 482 g/mol. The van der Waals surface area contributed by atoms with Crippen LogP contribution in [0.2, 0.25) is 0 Å². The maximum atomic E-state index is 12.5. The largest absolute Gasteiger partial charge is 0.495 e. The van der Waals surface area contributed by atoms with Crippen molar-refractivity contribution in [1.29, 1.82) is 0 Å². The summed E-state index contributed by atoms with van der Waals surface area (Å²) >= 11 is 0. The van der Waals surface area contributed by atoms with Gasteiger partial charge in [0.05, 0.1) is 30.9 Å². The van der Waals surface area contributed by atoms with Gasteiger partial charge in [0.25, 0.3) is 5.91 Å². The number of H-pyrrole nitrogens is 1. The Morgan fingerprint density at radius 3 is 2.56 bits per heavy atom. The highest BCUT2D eigenvalue weighted by Crippen LogP contribution is 2.36. The fourth-order valence-electron chi connectivity index (χ4n) is 4.30. The Morgan fingerprint density at radius 2 is 1.83 bits per heavy atom. The summed E-state index contributed by atoms with van der Waals surface area (Å²) < 4.78 is 11.5. The van der Waals surface area contributed by atoms with Crippen molar-refractivity contribution >= 4 is 16.8 Å². The molecule has 0 fully saturated rings. The molecule has 0 saturated carbocycles. The first-order valence-corrected chi connectivity index (χ1v) is 11.9. The predicted octanol–water partition coefficient (Wildman–Crippen LogP) is 4.78. The summed E-state index contributed by atoms with van der Waals surface area (Å²) in [7, 11) is 1.60. The fraction of sp³-hybridized carbons (Fsp3) is 0.233. The highest BCUT2D eigenvalue weighted by molar-refractivity contribution is 5.96. The van der Waals surface area contributed by atoms with Crippen LogP contribution in [0.4, 0.5) is 0 Å². The van der Waals surface area contributed by atoms with Crippen LogP contribution in [0.1, 0.15) is 52.4 Å². The number of hydrogen-bond donors (Lipinski definition) is 3. The van der Waals surface area contributed by atoms with E-state index < -0.39 is 5.91 Å². The normalized spacial score (nSPS) is 11.7. The van der Waals surface area contributed by atoms with Crippen LogP contribution < -0.4 is 15.2 Å². The van der Waals surface area contributed by atoms with Gasteiger partial charge in [-0.25, -0.2) is 0 Å². The van der Waals surface area contributed by atoms with Crippen molar-refractivity contribution in [1.82, 2.24) is 4.98 Å². The van der Waals surface area contributed by atoms with Gasteiger partial charge in [-0.2, -0.15) is 0 Å². The topological polar surface area (TPSA) is 97.6 Å². The number of amides is 1. The third-order valence-electron chi connectivity index (χ3n) is 5.99. The van der Waals surface area contributed by atoms with E-state index in [-0.39, 0.29) is 24.2 Å². The Bertz CT molecular complexity index is 1440. The number of aromatic nitrogens is 1. The molecule has 4 N–H and O–H groups in total. The van der Waals surface area contributed by atoms with Gasteiger partial charge in [-0.3, -0.25) is 4.79 Å². The van der Waals surface area contributed by atoms with E-state index in [1.165, 1.54) is 0 Å². The van der Waals surface area contributed by atoms with Crippen LogP contribution in [0.5, 0.6) is 11.5 Å². The molecule has 3 aromatic carbocycles. The van der Waals surface area contributed by atoms with Gasteiger partial charge in [0.1, 0.15) is 11.5 Å². The number of para-hydroxylation sites is 2. The molecule has 6 nitrogen and oxygen atoms in total. The molecule has 1 atom stereocenters. The summed E-state index contributed by atoms with van der Waals surface area (Å²) in [5, 5.41) is 11.6. The lowest BCUT2D eigenvalue weighted by molar-refractivity contribution is 0.0994. The summed E-state index contributed by atoms with van der Waals surface area (Å²) in [5.41, 5.74) is 10.1. The van der Waals surface area contributed by atoms with Gasteiger partial charge in [0.15, 0.2) is 0 Å². The van der Waals surface area contributed by atoms with Gasteiger partial charge in [-0.15, -0.1) is 0 Å². The van der Waals surface area contributed by atoms with Gasteiger partial charge >= 0.3 is 0 Å². The number of aliphatic hydroxyl groups is 1. The average molecular weight is 483 g/mol. The van der Waals surface area contributed by atoms with E-state index >= 15 is 0 Å². The quantitative estimate of drug-likeness (QED) is 0.315. The molecule has 0 aliphatic carbocycles. The van der Waals surface area contributed by atoms with Crippen molar-refractivity contribution in [3.63, 3.8) is 0 Å². The number of hydrogen-bond acceptors (Lipinski definition) is 4. The highest BCUT2D eigenvalue weighted by atomic mass is 16.5. The van der Waals surface area contributed by atoms with Crippen LogP contribution in [0.25, 0.3) is 10.9 Å². The number of nitrogens with one attached hydrogen (secondary N) is 1. The zero-order valence-corrected chi connectivity index (χ0v) is 20.7. The first kappa shape index (κ1) is 24.9. The van der Waals surface area contributed by atoms with Crippen molar-refractivity contribution in [2.45, 2.75) is 32.3 Å². The minimum atomic E-state index is -0.614. The third kappa shape index (κ3) is 5.37. The van der Waals surface area contributed by atoms with E-state index in [2.05, 4.69) is 16.8 Å². The zero-order chi connectivity index (χ0) is 25.7. The summed E-state index contributed by atoms with van der Waals surface area (Å²) in [5.74, 6) is 6.35. The number of primary amides is 1. The number of aliphatic hydroxyl groups excluding tert-OH is 1. The molecule has 0 aliphatic heterocycles. The Morgan fingerprint density at radius 1 is 1.08 bits per heavy atom. The van der Waals surface area contributed by atoms with Gasteiger partial charge in [0.2, 0.25) is 0 Å². The van der Waals surface area contributed by atoms with Gasteiger partial charge in [-0.1, -0.05) is 42.2 Å². The molecule has 4 aromatic rings. The number of fused-ring (bicyclic) bond motifs is 1. The van der Waals surface area contributed by atoms with E-state index in [4.69, 9.17) is 15.2 Å². The van der Waals surface area contributed by atoms with Gasteiger partial charge in [-0.05, 0) is 56.2 Å². The van der Waals surface area contributed by atoms with Crippen molar-refractivity contribution in [2.24, 2.45) is 5.73 Å². The summed E-state index contributed by atoms with van der Waals surface area (Å²) in [6.45, 7) is 3.63. The number of carbonyl (C=O) groups is 1. The molecule has 184 valence electrons. The molecular formula is C30H30N2O4. The number of nitrogens with two attached hydrogens (primary N) is 1. The molecule has 0 aliphatic rings. The number of benzene rings is 3. The van der Waals surface area contributed by atoms with Crippen LogP contribution in [0.15, 0.2) is 66.9 Å². The van der Waals surface area contributed by atoms with E-state index in [0.29, 0.717) is 29.0 Å². The van der Waals surface area contributed by atoms with E-state index in [9.17, 15) is 9.90 Å². The molecule has 4 rings (SSSR count). The number of aromatic amines is 1. The summed E-state index contributed by atoms with van der Waals surface area (Å²) in [6.07, 6.45) is 2.30. The Kier molecular flexibility index (Phi) is 7.62. The fourth-order valence-corrected chi connectivity index (χ4v) is 4.30. The first-order valence-electron chi connectivity index (χ1n) is 11.9. The lowest BCUT2D eigenvalue weighted by Crippen LogP contribution is -2.19. The number of carbonyl (C=O) groups excluding carboxylic acids is 1. The van der Waals surface area contributed by atoms with Crippen LogP contribution in [0, 0.1) is 11.8 Å². The number of methoxy groups -OCH3 is 1. The van der Waals surface area contributed by atoms with Crippen molar-refractivity contribution in [2.75, 3.05) is 13.7 Å². The van der Waals surface area contributed by atoms with Crippen LogP contribution in [0.3, 0.4) is 0 Å². The first-order chi connectivity index (χ1) is 17.4. The SMILES string of the molecule is COc1ccccc1C#Cc1cc(C(N)=O)c(OC(C)C)c([C@@H](CO)Cc2c[nH]c3ccccc23)c1. The summed E-state index contributed by atoms with van der Waals surface area (Å²) in [6, 6.07) is 19.0. The smallest absolute Gasteiger partial charge is 0.252 e. The summed E-state index contributed by atoms with van der Waals surface area (Å²) in [4.78, 5) is 15.8. The zero-order valence-electron chi connectivity index (χ0n) is 20.7. The van der Waals surface area contributed by atoms with E-state index in [0.717, 1.165) is 22.0 Å². The van der Waals surface area contributed by atoms with E-state index in [1.54, 1.807) is 13.2 Å². The van der Waals surface area contributed by atoms with Crippen molar-refractivity contribution in [3.8, 4) is 23.3 Å². The molecular weight excluding hydrogens is 452 g/mol. The lowest BCUT2D eigenvalue weighted by atomic mass is 9.88. The lowest BCUT2D eigenvalue weighted by Gasteiger charge is -2.23. The molecule has 0 radical (unpaired) electrons. The van der Waals surface area contributed by atoms with Crippen molar-refractivity contribution in [3.05, 3.63) is 94.7 Å². The van der Waals surface area contributed by atoms with Crippen LogP contribution in [-0.4, -0.2) is 35.8 Å². The second-order valence-electron chi connectivity index (χ2n) is 8.87. The van der Waals surface area contributed by atoms with Crippen LogP contribution >= 0.6 is 0 Å². The minimum absolute atomic E-state index is 0.143. The van der Waals surface area contributed by atoms with Gasteiger partial charge < -0.3 is 25.3 Å². The molecule has 1 amide bonds. The molecule has 0 unspecified atom stereocenters. The standard InChI is InChI=1S/C30H30N2O4/c1-19(2)36-29-25(23(18-33)16-22-17-32-27-10-6-5-9-24(22)27)14-20(15-26(29)30(31)34)12-13-21-8-4-7-11-28(21)35-3/h4-11,14-15,17,19,23,32-33H,16,18H2,1-3H3,(H2,31,34)/t23-/m1/s1. The third-order valence-corrected chi connectivity index (χ3v) is 5.99. The van der Waals surface area contributed by atoms with Crippen LogP contribution in [-0.2, 0) is 6.42 Å². The molecule has 1 heterocycles. The second-order valence-corrected chi connectivity index (χ2v) is 8.87. The van der Waals surface area contributed by atoms with E-state index in [1.807, 2.05) is 74.6 Å². The Hall–Kier alpha value is -4.21. The molecule has 6 heteroatoms. The maximum Gasteiger partial charge on any atom is 0.252 e. The Balaban J connectivity index is 1.83. The predicted molar refractivity (Wildman–Crippen MR) is 142 cm³/mol.